The smallest absolute Gasteiger partial charge is 0.240 e. The Morgan fingerprint density at radius 1 is 1.19 bits per heavy atom. The van der Waals surface area contributed by atoms with Crippen molar-refractivity contribution in [3.63, 3.8) is 0 Å². The Labute approximate surface area is 219 Å². The molecule has 1 fully saturated rings. The van der Waals surface area contributed by atoms with Crippen LogP contribution in [-0.2, 0) is 15.0 Å². The molecule has 0 bridgehead atoms. The van der Waals surface area contributed by atoms with Gasteiger partial charge >= 0.3 is 0 Å². The van der Waals surface area contributed by atoms with Crippen LogP contribution in [0.5, 0.6) is 0 Å². The molecule has 2 heterocycles. The zero-order chi connectivity index (χ0) is 25.6. The first-order valence-electron chi connectivity index (χ1n) is 12.0. The van der Waals surface area contributed by atoms with Crippen LogP contribution < -0.4 is 10.2 Å². The molecule has 1 N–H and O–H groups in total. The van der Waals surface area contributed by atoms with Crippen molar-refractivity contribution in [2.24, 2.45) is 0 Å². The Balaban J connectivity index is 1.75. The minimum Gasteiger partial charge on any atom is -0.352 e. The van der Waals surface area contributed by atoms with Gasteiger partial charge in [-0.05, 0) is 48.7 Å². The quantitative estimate of drug-likeness (QED) is 0.482. The fourth-order valence-corrected chi connectivity index (χ4v) is 5.81. The van der Waals surface area contributed by atoms with Crippen molar-refractivity contribution in [3.8, 4) is 5.69 Å². The van der Waals surface area contributed by atoms with Crippen LogP contribution in [0.1, 0.15) is 55.7 Å². The average Bonchev–Trinajstić information content (AvgIpc) is 3.55. The number of benzene rings is 2. The molecule has 5 rings (SSSR count). The summed E-state index contributed by atoms with van der Waals surface area (Å²) in [4.78, 5) is 28.0. The number of carbonyl (C=O) groups is 2. The third-order valence-corrected chi connectivity index (χ3v) is 7.74. The molecule has 2 aromatic carbocycles. The second kappa shape index (κ2) is 9.56. The van der Waals surface area contributed by atoms with Crippen LogP contribution in [0.2, 0.25) is 5.02 Å². The van der Waals surface area contributed by atoms with Crippen molar-refractivity contribution >= 4 is 41.0 Å². The molecule has 1 unspecified atom stereocenters. The minimum absolute atomic E-state index is 0.116. The number of nitrogens with one attached hydrogen (secondary N) is 1. The molecule has 188 valence electrons. The Morgan fingerprint density at radius 3 is 2.61 bits per heavy atom. The highest BCUT2D eigenvalue weighted by Gasteiger charge is 2.40. The number of amides is 2. The maximum Gasteiger partial charge on any atom is 0.240 e. The Hall–Kier alpha value is -2.84. The molecule has 1 atom stereocenters. The van der Waals surface area contributed by atoms with Gasteiger partial charge in [0.25, 0.3) is 0 Å². The molecule has 1 aromatic heterocycles. The number of fused-ring (bicyclic) bond motifs is 1. The van der Waals surface area contributed by atoms with E-state index in [1.807, 2.05) is 18.2 Å². The fourth-order valence-electron chi connectivity index (χ4n) is 4.44. The summed E-state index contributed by atoms with van der Waals surface area (Å²) in [5.74, 6) is -0.0779. The normalized spacial score (nSPS) is 18.1. The Kier molecular flexibility index (Phi) is 6.59. The molecule has 1 aliphatic heterocycles. The van der Waals surface area contributed by atoms with Crippen LogP contribution in [0.4, 0.5) is 10.2 Å². The summed E-state index contributed by atoms with van der Waals surface area (Å²) in [7, 11) is 0. The highest BCUT2D eigenvalue weighted by Crippen LogP contribution is 2.48. The standard InChI is InChI=1S/C27H28ClFN4O2S/c1-27(2,3)25-23-24(16-6-4-8-18(29)12-16)36-15-22(35)32(14-21(34)30-19-10-11-19)26(23)33(31-25)20-9-5-7-17(28)13-20/h4-9,12-13,19,24H,10-11,14-15H2,1-3H3,(H,30,34). The SMILES string of the molecule is CC(C)(C)c1nn(-c2cccc(Cl)c2)c2c1C(c1cccc(F)c1)SCC(=O)N2CC(=O)NC1CC1. The van der Waals surface area contributed by atoms with Crippen molar-refractivity contribution < 1.29 is 14.0 Å². The van der Waals surface area contributed by atoms with E-state index in [1.165, 1.54) is 28.8 Å². The predicted molar refractivity (Wildman–Crippen MR) is 141 cm³/mol. The molecule has 6 nitrogen and oxygen atoms in total. The van der Waals surface area contributed by atoms with E-state index >= 15 is 0 Å². The number of rotatable bonds is 5. The maximum atomic E-state index is 14.3. The summed E-state index contributed by atoms with van der Waals surface area (Å²) in [5.41, 5.74) is 2.62. The van der Waals surface area contributed by atoms with E-state index in [9.17, 15) is 14.0 Å². The van der Waals surface area contributed by atoms with Gasteiger partial charge < -0.3 is 5.32 Å². The fraction of sp³-hybridized carbons (Fsp3) is 0.370. The number of halogens is 2. The maximum absolute atomic E-state index is 14.3. The number of hydrogen-bond donors (Lipinski definition) is 1. The molecule has 0 saturated heterocycles. The third-order valence-electron chi connectivity index (χ3n) is 6.25. The molecular weight excluding hydrogens is 499 g/mol. The summed E-state index contributed by atoms with van der Waals surface area (Å²) in [6.45, 7) is 6.06. The van der Waals surface area contributed by atoms with E-state index < -0.39 is 5.41 Å². The van der Waals surface area contributed by atoms with Crippen LogP contribution in [0.25, 0.3) is 5.69 Å². The first-order valence-corrected chi connectivity index (χ1v) is 13.4. The molecule has 3 aromatic rings. The first kappa shape index (κ1) is 24.8. The summed E-state index contributed by atoms with van der Waals surface area (Å²) >= 11 is 7.76. The summed E-state index contributed by atoms with van der Waals surface area (Å²) in [5, 5.41) is 8.18. The van der Waals surface area contributed by atoms with E-state index in [0.29, 0.717) is 16.5 Å². The second-order valence-electron chi connectivity index (χ2n) is 10.3. The third kappa shape index (κ3) is 5.02. The Bertz CT molecular complexity index is 1330. The van der Waals surface area contributed by atoms with Crippen molar-refractivity contribution in [1.29, 1.82) is 0 Å². The van der Waals surface area contributed by atoms with Gasteiger partial charge in [-0.3, -0.25) is 14.5 Å². The van der Waals surface area contributed by atoms with Crippen molar-refractivity contribution in [1.82, 2.24) is 15.1 Å². The molecule has 1 saturated carbocycles. The van der Waals surface area contributed by atoms with Crippen LogP contribution in [0.3, 0.4) is 0 Å². The highest BCUT2D eigenvalue weighted by molar-refractivity contribution is 8.00. The van der Waals surface area contributed by atoms with E-state index in [1.54, 1.807) is 22.9 Å². The van der Waals surface area contributed by atoms with Crippen molar-refractivity contribution in [3.05, 3.63) is 76.2 Å². The van der Waals surface area contributed by atoms with Crippen LogP contribution in [-0.4, -0.2) is 39.9 Å². The number of hydrogen-bond acceptors (Lipinski definition) is 4. The molecule has 1 aliphatic carbocycles. The molecule has 9 heteroatoms. The zero-order valence-electron chi connectivity index (χ0n) is 20.4. The Morgan fingerprint density at radius 2 is 1.94 bits per heavy atom. The van der Waals surface area contributed by atoms with E-state index in [0.717, 1.165) is 29.7 Å². The number of anilines is 1. The predicted octanol–water partition coefficient (Wildman–Crippen LogP) is 5.41. The van der Waals surface area contributed by atoms with Crippen molar-refractivity contribution in [2.45, 2.75) is 50.3 Å². The monoisotopic (exact) mass is 526 g/mol. The van der Waals surface area contributed by atoms with Crippen LogP contribution in [0.15, 0.2) is 48.5 Å². The minimum atomic E-state index is -0.393. The lowest BCUT2D eigenvalue weighted by Gasteiger charge is -2.24. The first-order chi connectivity index (χ1) is 17.1. The van der Waals surface area contributed by atoms with Gasteiger partial charge in [-0.15, -0.1) is 11.8 Å². The topological polar surface area (TPSA) is 67.2 Å². The molecular formula is C27H28ClFN4O2S. The highest BCUT2D eigenvalue weighted by atomic mass is 35.5. The van der Waals surface area contributed by atoms with Gasteiger partial charge in [0.1, 0.15) is 18.2 Å². The largest absolute Gasteiger partial charge is 0.352 e. The van der Waals surface area contributed by atoms with Gasteiger partial charge in [0.05, 0.1) is 22.4 Å². The summed E-state index contributed by atoms with van der Waals surface area (Å²) < 4.78 is 16.0. The van der Waals surface area contributed by atoms with Gasteiger partial charge in [0, 0.05) is 22.0 Å². The summed E-state index contributed by atoms with van der Waals surface area (Å²) in [6, 6.07) is 13.9. The van der Waals surface area contributed by atoms with Crippen LogP contribution >= 0.6 is 23.4 Å². The summed E-state index contributed by atoms with van der Waals surface area (Å²) in [6.07, 6.45) is 1.91. The van der Waals surface area contributed by atoms with Crippen molar-refractivity contribution in [2.75, 3.05) is 17.2 Å². The van der Waals surface area contributed by atoms with Gasteiger partial charge in [0.2, 0.25) is 11.8 Å². The van der Waals surface area contributed by atoms with Gasteiger partial charge in [-0.1, -0.05) is 50.6 Å². The molecule has 36 heavy (non-hydrogen) atoms. The lowest BCUT2D eigenvalue weighted by molar-refractivity contribution is -0.123. The molecule has 2 aliphatic rings. The van der Waals surface area contributed by atoms with E-state index in [-0.39, 0.29) is 41.2 Å². The van der Waals surface area contributed by atoms with E-state index in [4.69, 9.17) is 16.7 Å². The van der Waals surface area contributed by atoms with Gasteiger partial charge in [0.15, 0.2) is 0 Å². The van der Waals surface area contributed by atoms with Crippen LogP contribution in [0, 0.1) is 5.82 Å². The van der Waals surface area contributed by atoms with E-state index in [2.05, 4.69) is 26.1 Å². The second-order valence-corrected chi connectivity index (χ2v) is 11.8. The lowest BCUT2D eigenvalue weighted by Crippen LogP contribution is -2.43. The van der Waals surface area contributed by atoms with Gasteiger partial charge in [-0.2, -0.15) is 5.10 Å². The van der Waals surface area contributed by atoms with Gasteiger partial charge in [-0.25, -0.2) is 9.07 Å². The number of nitrogens with zero attached hydrogens (tertiary/aromatic N) is 3. The number of thioether (sulfide) groups is 1. The average molecular weight is 527 g/mol. The molecule has 2 amide bonds. The number of carbonyl (C=O) groups excluding carboxylic acids is 2. The zero-order valence-corrected chi connectivity index (χ0v) is 22.0. The molecule has 0 spiro atoms. The lowest BCUT2D eigenvalue weighted by atomic mass is 9.87. The molecule has 0 radical (unpaired) electrons. The number of aromatic nitrogens is 2.